The van der Waals surface area contributed by atoms with E-state index in [0.29, 0.717) is 10.6 Å². The van der Waals surface area contributed by atoms with Crippen LogP contribution in [0.25, 0.3) is 0 Å². The molecule has 0 aromatic heterocycles. The number of amides is 2. The zero-order valence-corrected chi connectivity index (χ0v) is 14.4. The molecule has 0 radical (unpaired) electrons. The molecule has 0 saturated carbocycles. The van der Waals surface area contributed by atoms with Crippen molar-refractivity contribution in [2.75, 3.05) is 13.7 Å². The zero-order valence-electron chi connectivity index (χ0n) is 13.7. The molecule has 0 bridgehead atoms. The summed E-state index contributed by atoms with van der Waals surface area (Å²) in [4.78, 5) is 23.6. The van der Waals surface area contributed by atoms with Crippen molar-refractivity contribution in [2.45, 2.75) is 6.42 Å². The summed E-state index contributed by atoms with van der Waals surface area (Å²) >= 11 is 5.94. The van der Waals surface area contributed by atoms with E-state index >= 15 is 0 Å². The van der Waals surface area contributed by atoms with Crippen LogP contribution in [0.1, 0.15) is 22.3 Å². The van der Waals surface area contributed by atoms with Crippen molar-refractivity contribution < 1.29 is 14.3 Å². The Morgan fingerprint density at radius 2 is 1.88 bits per heavy atom. The monoisotopic (exact) mass is 359 g/mol. The molecule has 0 saturated heterocycles. The molecule has 2 N–H and O–H groups in total. The van der Waals surface area contributed by atoms with Gasteiger partial charge in [-0.15, -0.1) is 0 Å². The molecule has 130 valence electrons. The van der Waals surface area contributed by atoms with Crippen LogP contribution in [0.3, 0.4) is 0 Å². The summed E-state index contributed by atoms with van der Waals surface area (Å²) < 4.78 is 5.06. The van der Waals surface area contributed by atoms with Crippen LogP contribution in [-0.4, -0.2) is 31.7 Å². The highest BCUT2D eigenvalue weighted by Crippen LogP contribution is 2.14. The predicted molar refractivity (Wildman–Crippen MR) is 97.1 cm³/mol. The second kappa shape index (κ2) is 9.44. The van der Waals surface area contributed by atoms with E-state index in [1.54, 1.807) is 43.5 Å². The van der Waals surface area contributed by atoms with Crippen LogP contribution in [0, 0.1) is 0 Å². The largest absolute Gasteiger partial charge is 0.497 e. The van der Waals surface area contributed by atoms with Gasteiger partial charge in [-0.25, -0.2) is 5.43 Å². The van der Waals surface area contributed by atoms with Gasteiger partial charge in [-0.3, -0.25) is 9.59 Å². The van der Waals surface area contributed by atoms with Crippen LogP contribution in [0.4, 0.5) is 0 Å². The van der Waals surface area contributed by atoms with Gasteiger partial charge in [-0.05, 0) is 42.0 Å². The fourth-order valence-electron chi connectivity index (χ4n) is 1.95. The van der Waals surface area contributed by atoms with E-state index in [-0.39, 0.29) is 24.8 Å². The van der Waals surface area contributed by atoms with Crippen LogP contribution < -0.4 is 15.5 Å². The van der Waals surface area contributed by atoms with Gasteiger partial charge in [0.05, 0.1) is 23.9 Å². The second-order valence-electron chi connectivity index (χ2n) is 5.05. The van der Waals surface area contributed by atoms with Crippen molar-refractivity contribution in [1.29, 1.82) is 0 Å². The topological polar surface area (TPSA) is 79.8 Å². The van der Waals surface area contributed by atoms with Gasteiger partial charge < -0.3 is 10.1 Å². The maximum Gasteiger partial charge on any atom is 0.252 e. The quantitative estimate of drug-likeness (QED) is 0.589. The molecule has 2 aromatic rings. The summed E-state index contributed by atoms with van der Waals surface area (Å²) in [6, 6.07) is 14.0. The first-order chi connectivity index (χ1) is 12.1. The summed E-state index contributed by atoms with van der Waals surface area (Å²) in [5.41, 5.74) is 3.61. The average molecular weight is 360 g/mol. The number of halogens is 1. The molecule has 0 spiro atoms. The summed E-state index contributed by atoms with van der Waals surface area (Å²) in [5, 5.41) is 6.88. The van der Waals surface area contributed by atoms with Crippen LogP contribution >= 0.6 is 11.6 Å². The molecule has 0 unspecified atom stereocenters. The Morgan fingerprint density at radius 1 is 1.16 bits per heavy atom. The first-order valence-electron chi connectivity index (χ1n) is 7.59. The molecule has 0 aliphatic rings. The number of benzene rings is 2. The van der Waals surface area contributed by atoms with E-state index < -0.39 is 0 Å². The average Bonchev–Trinajstić information content (AvgIpc) is 2.62. The van der Waals surface area contributed by atoms with Gasteiger partial charge >= 0.3 is 0 Å². The summed E-state index contributed by atoms with van der Waals surface area (Å²) in [6.07, 6.45) is 1.63. The number of methoxy groups -OCH3 is 1. The van der Waals surface area contributed by atoms with Crippen molar-refractivity contribution in [2.24, 2.45) is 5.10 Å². The molecular weight excluding hydrogens is 342 g/mol. The maximum atomic E-state index is 11.9. The number of carbonyl (C=O) groups excluding carboxylic acids is 2. The van der Waals surface area contributed by atoms with E-state index in [0.717, 1.165) is 11.3 Å². The van der Waals surface area contributed by atoms with Gasteiger partial charge in [-0.1, -0.05) is 23.7 Å². The van der Waals surface area contributed by atoms with Crippen LogP contribution in [0.15, 0.2) is 53.6 Å². The third-order valence-corrected chi connectivity index (χ3v) is 3.60. The number of carbonyl (C=O) groups is 2. The molecule has 6 nitrogen and oxygen atoms in total. The highest BCUT2D eigenvalue weighted by molar-refractivity contribution is 6.33. The number of rotatable bonds is 7. The Kier molecular flexibility index (Phi) is 6.98. The number of nitrogens with zero attached hydrogens (tertiary/aromatic N) is 1. The predicted octanol–water partition coefficient (Wildman–Crippen LogP) is 2.62. The first-order valence-corrected chi connectivity index (χ1v) is 7.96. The van der Waals surface area contributed by atoms with Gasteiger partial charge in [-0.2, -0.15) is 5.10 Å². The Hall–Kier alpha value is -2.86. The summed E-state index contributed by atoms with van der Waals surface area (Å²) in [7, 11) is 1.59. The summed E-state index contributed by atoms with van der Waals surface area (Å²) in [6.45, 7) is 0.188. The molecule has 2 aromatic carbocycles. The van der Waals surface area contributed by atoms with Crippen molar-refractivity contribution in [1.82, 2.24) is 10.7 Å². The third kappa shape index (κ3) is 5.93. The van der Waals surface area contributed by atoms with Crippen LogP contribution in [-0.2, 0) is 4.79 Å². The highest BCUT2D eigenvalue weighted by Gasteiger charge is 2.09. The fraction of sp³-hybridized carbons (Fsp3) is 0.167. The van der Waals surface area contributed by atoms with E-state index in [9.17, 15) is 9.59 Å². The van der Waals surface area contributed by atoms with Crippen molar-refractivity contribution >= 4 is 29.6 Å². The van der Waals surface area contributed by atoms with Gasteiger partial charge in [0, 0.05) is 13.0 Å². The molecule has 25 heavy (non-hydrogen) atoms. The zero-order chi connectivity index (χ0) is 18.1. The van der Waals surface area contributed by atoms with Crippen molar-refractivity contribution in [3.63, 3.8) is 0 Å². The lowest BCUT2D eigenvalue weighted by molar-refractivity contribution is -0.120. The van der Waals surface area contributed by atoms with Gasteiger partial charge in [0.1, 0.15) is 5.75 Å². The smallest absolute Gasteiger partial charge is 0.252 e. The van der Waals surface area contributed by atoms with Crippen LogP contribution in [0.5, 0.6) is 5.75 Å². The molecule has 2 rings (SSSR count). The van der Waals surface area contributed by atoms with E-state index in [1.807, 2.05) is 12.1 Å². The summed E-state index contributed by atoms with van der Waals surface area (Å²) in [5.74, 6) is 0.125. The SMILES string of the molecule is COc1ccc(C=NNC(=O)CCNC(=O)c2ccccc2Cl)cc1. The number of hydrazone groups is 1. The Balaban J connectivity index is 1.72. The number of hydrogen-bond acceptors (Lipinski definition) is 4. The second-order valence-corrected chi connectivity index (χ2v) is 5.46. The first kappa shape index (κ1) is 18.5. The molecule has 0 aliphatic heterocycles. The fourth-order valence-corrected chi connectivity index (χ4v) is 2.18. The Labute approximate surface area is 150 Å². The Morgan fingerprint density at radius 3 is 2.56 bits per heavy atom. The van der Waals surface area contributed by atoms with E-state index in [4.69, 9.17) is 16.3 Å². The van der Waals surface area contributed by atoms with Crippen molar-refractivity contribution in [3.8, 4) is 5.75 Å². The molecule has 7 heteroatoms. The van der Waals surface area contributed by atoms with Crippen molar-refractivity contribution in [3.05, 3.63) is 64.7 Å². The van der Waals surface area contributed by atoms with Gasteiger partial charge in [0.25, 0.3) is 5.91 Å². The third-order valence-electron chi connectivity index (χ3n) is 3.27. The lowest BCUT2D eigenvalue weighted by Crippen LogP contribution is -2.29. The molecule has 0 fully saturated rings. The van der Waals surface area contributed by atoms with Gasteiger partial charge in [0.15, 0.2) is 0 Å². The maximum absolute atomic E-state index is 11.9. The Bertz CT molecular complexity index is 760. The standard InChI is InChI=1S/C18H18ClN3O3/c1-25-14-8-6-13(7-9-14)12-21-22-17(23)10-11-20-18(24)15-4-2-3-5-16(15)19/h2-9,12H,10-11H2,1H3,(H,20,24)(H,22,23). The minimum absolute atomic E-state index is 0.107. The molecular formula is C18H18ClN3O3. The lowest BCUT2D eigenvalue weighted by atomic mass is 10.2. The molecule has 0 atom stereocenters. The molecule has 0 heterocycles. The highest BCUT2D eigenvalue weighted by atomic mass is 35.5. The molecule has 0 aliphatic carbocycles. The molecule has 2 amide bonds. The van der Waals surface area contributed by atoms with E-state index in [2.05, 4.69) is 15.8 Å². The number of ether oxygens (including phenoxy) is 1. The van der Waals surface area contributed by atoms with E-state index in [1.165, 1.54) is 6.21 Å². The number of hydrogen-bond donors (Lipinski definition) is 2. The minimum atomic E-state index is -0.319. The normalized spacial score (nSPS) is 10.5. The minimum Gasteiger partial charge on any atom is -0.497 e. The lowest BCUT2D eigenvalue weighted by Gasteiger charge is -2.06. The van der Waals surface area contributed by atoms with Gasteiger partial charge in [0.2, 0.25) is 5.91 Å². The number of nitrogens with one attached hydrogen (secondary N) is 2. The van der Waals surface area contributed by atoms with Crippen LogP contribution in [0.2, 0.25) is 5.02 Å².